The monoisotopic (exact) mass is 282 g/mol. The van der Waals surface area contributed by atoms with Gasteiger partial charge in [0.1, 0.15) is 0 Å². The van der Waals surface area contributed by atoms with Gasteiger partial charge in [0.05, 0.1) is 0 Å². The molecule has 0 aromatic carbocycles. The fraction of sp³-hybridized carbons (Fsp3) is 0.643. The number of piperazine rings is 1. The van der Waals surface area contributed by atoms with E-state index in [9.17, 15) is 8.78 Å². The first-order valence-corrected chi connectivity index (χ1v) is 7.22. The van der Waals surface area contributed by atoms with Crippen LogP contribution in [0.1, 0.15) is 19.3 Å². The summed E-state index contributed by atoms with van der Waals surface area (Å²) in [6.07, 6.45) is 3.64. The van der Waals surface area contributed by atoms with Gasteiger partial charge in [-0.05, 0) is 19.4 Å². The van der Waals surface area contributed by atoms with Crippen molar-refractivity contribution in [3.63, 3.8) is 0 Å². The predicted molar refractivity (Wildman–Crippen MR) is 75.1 cm³/mol. The van der Waals surface area contributed by atoms with Gasteiger partial charge in [-0.25, -0.2) is 13.8 Å². The molecule has 110 valence electrons. The van der Waals surface area contributed by atoms with E-state index < -0.39 is 11.6 Å². The van der Waals surface area contributed by atoms with Crippen molar-refractivity contribution < 1.29 is 8.78 Å². The molecule has 0 amide bonds. The summed E-state index contributed by atoms with van der Waals surface area (Å²) in [5.74, 6) is -0.857. The number of fused-ring (bicyclic) bond motifs is 1. The molecular formula is C14H20F2N4. The van der Waals surface area contributed by atoms with Crippen LogP contribution in [0, 0.1) is 11.6 Å². The van der Waals surface area contributed by atoms with Gasteiger partial charge in [-0.15, -0.1) is 0 Å². The Morgan fingerprint density at radius 3 is 2.85 bits per heavy atom. The van der Waals surface area contributed by atoms with E-state index in [4.69, 9.17) is 0 Å². The van der Waals surface area contributed by atoms with Gasteiger partial charge >= 0.3 is 0 Å². The lowest BCUT2D eigenvalue weighted by atomic mass is 9.99. The molecule has 2 aliphatic rings. The quantitative estimate of drug-likeness (QED) is 0.900. The van der Waals surface area contributed by atoms with Gasteiger partial charge in [-0.3, -0.25) is 4.90 Å². The number of hydrogen-bond donors (Lipinski definition) is 1. The number of pyridine rings is 1. The van der Waals surface area contributed by atoms with Crippen LogP contribution in [-0.4, -0.2) is 49.2 Å². The summed E-state index contributed by atoms with van der Waals surface area (Å²) >= 11 is 0. The van der Waals surface area contributed by atoms with E-state index in [2.05, 4.69) is 15.2 Å². The van der Waals surface area contributed by atoms with E-state index in [0.29, 0.717) is 6.04 Å². The third kappa shape index (κ3) is 2.44. The average Bonchev–Trinajstić information content (AvgIpc) is 2.47. The van der Waals surface area contributed by atoms with E-state index in [1.54, 1.807) is 7.05 Å². The molecule has 0 saturated carbocycles. The molecular weight excluding hydrogens is 262 g/mol. The standard InChI is InChI=1S/C14H20F2N4/c1-17-13-11(15)8-12(16)14(18-13)20-7-6-19-5-3-2-4-10(19)9-20/h8,10H,2-7,9H2,1H3,(H,17,18). The third-order valence-corrected chi connectivity index (χ3v) is 4.28. The molecule has 2 aliphatic heterocycles. The van der Waals surface area contributed by atoms with Crippen LogP contribution in [-0.2, 0) is 0 Å². The Kier molecular flexibility index (Phi) is 3.74. The molecule has 1 aromatic rings. The van der Waals surface area contributed by atoms with Crippen molar-refractivity contribution in [3.8, 4) is 0 Å². The second-order valence-electron chi connectivity index (χ2n) is 5.51. The molecule has 20 heavy (non-hydrogen) atoms. The molecule has 0 bridgehead atoms. The Morgan fingerprint density at radius 2 is 2.05 bits per heavy atom. The average molecular weight is 282 g/mol. The van der Waals surface area contributed by atoms with Gasteiger partial charge in [-0.2, -0.15) is 0 Å². The zero-order chi connectivity index (χ0) is 14.1. The minimum atomic E-state index is -0.648. The van der Waals surface area contributed by atoms with Crippen LogP contribution >= 0.6 is 0 Å². The largest absolute Gasteiger partial charge is 0.371 e. The molecule has 1 unspecified atom stereocenters. The van der Waals surface area contributed by atoms with Crippen LogP contribution < -0.4 is 10.2 Å². The number of rotatable bonds is 2. The predicted octanol–water partition coefficient (Wildman–Crippen LogP) is 2.08. The lowest BCUT2D eigenvalue weighted by Crippen LogP contribution is -2.55. The highest BCUT2D eigenvalue weighted by Gasteiger charge is 2.30. The lowest BCUT2D eigenvalue weighted by Gasteiger charge is -2.44. The summed E-state index contributed by atoms with van der Waals surface area (Å²) in [6, 6.07) is 1.39. The number of halogens is 2. The third-order valence-electron chi connectivity index (χ3n) is 4.28. The van der Waals surface area contributed by atoms with Gasteiger partial charge in [0.15, 0.2) is 23.3 Å². The molecule has 4 nitrogen and oxygen atoms in total. The first-order valence-electron chi connectivity index (χ1n) is 7.22. The zero-order valence-electron chi connectivity index (χ0n) is 11.7. The number of aromatic nitrogens is 1. The fourth-order valence-electron chi connectivity index (χ4n) is 3.20. The topological polar surface area (TPSA) is 31.4 Å². The van der Waals surface area contributed by atoms with Crippen LogP contribution in [0.4, 0.5) is 20.4 Å². The summed E-state index contributed by atoms with van der Waals surface area (Å²) in [6.45, 7) is 3.59. The Labute approximate surface area is 117 Å². The molecule has 2 saturated heterocycles. The van der Waals surface area contributed by atoms with Crippen molar-refractivity contribution in [2.45, 2.75) is 25.3 Å². The number of nitrogens with one attached hydrogen (secondary N) is 1. The van der Waals surface area contributed by atoms with Crippen molar-refractivity contribution in [1.82, 2.24) is 9.88 Å². The molecule has 2 fully saturated rings. The van der Waals surface area contributed by atoms with Crippen LogP contribution in [0.3, 0.4) is 0 Å². The molecule has 0 spiro atoms. The van der Waals surface area contributed by atoms with Crippen molar-refractivity contribution in [3.05, 3.63) is 17.7 Å². The molecule has 0 radical (unpaired) electrons. The SMILES string of the molecule is CNc1nc(N2CCN3CCCCC3C2)c(F)cc1F. The van der Waals surface area contributed by atoms with Gasteiger partial charge < -0.3 is 10.2 Å². The van der Waals surface area contributed by atoms with Crippen molar-refractivity contribution in [2.75, 3.05) is 43.4 Å². The number of anilines is 2. The summed E-state index contributed by atoms with van der Waals surface area (Å²) < 4.78 is 27.5. The first kappa shape index (κ1) is 13.5. The van der Waals surface area contributed by atoms with E-state index in [-0.39, 0.29) is 11.6 Å². The molecule has 1 atom stereocenters. The Bertz CT molecular complexity index is 494. The van der Waals surface area contributed by atoms with Crippen molar-refractivity contribution in [2.24, 2.45) is 0 Å². The summed E-state index contributed by atoms with van der Waals surface area (Å²) in [7, 11) is 1.59. The second kappa shape index (κ2) is 5.52. The minimum Gasteiger partial charge on any atom is -0.371 e. The Morgan fingerprint density at radius 1 is 1.20 bits per heavy atom. The highest BCUT2D eigenvalue weighted by atomic mass is 19.1. The molecule has 6 heteroatoms. The van der Waals surface area contributed by atoms with Gasteiger partial charge in [0.2, 0.25) is 0 Å². The van der Waals surface area contributed by atoms with Gasteiger partial charge in [-0.1, -0.05) is 6.42 Å². The van der Waals surface area contributed by atoms with E-state index in [1.165, 1.54) is 12.8 Å². The first-order chi connectivity index (χ1) is 9.69. The molecule has 1 aromatic heterocycles. The summed E-state index contributed by atoms with van der Waals surface area (Å²) in [5.41, 5.74) is 0. The highest BCUT2D eigenvalue weighted by Crippen LogP contribution is 2.27. The normalized spacial score (nSPS) is 23.6. The minimum absolute atomic E-state index is 0.104. The van der Waals surface area contributed by atoms with Crippen LogP contribution in [0.2, 0.25) is 0 Å². The maximum atomic E-state index is 14.0. The van der Waals surface area contributed by atoms with Crippen LogP contribution in [0.25, 0.3) is 0 Å². The maximum Gasteiger partial charge on any atom is 0.168 e. The number of piperidine rings is 1. The van der Waals surface area contributed by atoms with Gasteiger partial charge in [0, 0.05) is 38.8 Å². The Balaban J connectivity index is 1.82. The zero-order valence-corrected chi connectivity index (χ0v) is 11.7. The smallest absolute Gasteiger partial charge is 0.168 e. The van der Waals surface area contributed by atoms with Gasteiger partial charge in [0.25, 0.3) is 0 Å². The van der Waals surface area contributed by atoms with E-state index >= 15 is 0 Å². The molecule has 0 aliphatic carbocycles. The summed E-state index contributed by atoms with van der Waals surface area (Å²) in [5, 5.41) is 2.67. The highest BCUT2D eigenvalue weighted by molar-refractivity contribution is 5.49. The van der Waals surface area contributed by atoms with Crippen molar-refractivity contribution >= 4 is 11.6 Å². The number of nitrogens with zero attached hydrogens (tertiary/aromatic N) is 3. The van der Waals surface area contributed by atoms with E-state index in [0.717, 1.165) is 38.7 Å². The molecule has 1 N–H and O–H groups in total. The van der Waals surface area contributed by atoms with Crippen LogP contribution in [0.5, 0.6) is 0 Å². The van der Waals surface area contributed by atoms with E-state index in [1.807, 2.05) is 4.90 Å². The molecule has 3 rings (SSSR count). The second-order valence-corrected chi connectivity index (χ2v) is 5.51. The van der Waals surface area contributed by atoms with Crippen LogP contribution in [0.15, 0.2) is 6.07 Å². The van der Waals surface area contributed by atoms with Crippen molar-refractivity contribution in [1.29, 1.82) is 0 Å². The summed E-state index contributed by atoms with van der Waals surface area (Å²) in [4.78, 5) is 8.52. The number of hydrogen-bond acceptors (Lipinski definition) is 4. The fourth-order valence-corrected chi connectivity index (χ4v) is 3.20. The molecule has 3 heterocycles. The lowest BCUT2D eigenvalue weighted by molar-refractivity contribution is 0.133. The Hall–Kier alpha value is -1.43. The maximum absolute atomic E-state index is 14.0.